The van der Waals surface area contributed by atoms with Crippen molar-refractivity contribution >= 4 is 0 Å². The van der Waals surface area contributed by atoms with Gasteiger partial charge in [0.05, 0.1) is 0 Å². The van der Waals surface area contributed by atoms with Gasteiger partial charge in [-0.1, -0.05) is 0 Å². The lowest BCUT2D eigenvalue weighted by atomic mass is 9.87. The zero-order valence-electron chi connectivity index (χ0n) is 12.1. The summed E-state index contributed by atoms with van der Waals surface area (Å²) in [5.74, 6) is -14.2. The summed E-state index contributed by atoms with van der Waals surface area (Å²) in [5.41, 5.74) is -2.79. The zero-order chi connectivity index (χ0) is 17.1. The smallest absolute Gasteiger partial charge is 0.369 e. The maximum Gasteiger partial charge on any atom is 0.369 e. The van der Waals surface area contributed by atoms with Gasteiger partial charge in [-0.3, -0.25) is 0 Å². The van der Waals surface area contributed by atoms with E-state index < -0.39 is 35.8 Å². The van der Waals surface area contributed by atoms with Crippen molar-refractivity contribution in [3.05, 3.63) is 11.9 Å². The van der Waals surface area contributed by atoms with E-state index in [2.05, 4.69) is 4.74 Å². The maximum absolute atomic E-state index is 13.9. The van der Waals surface area contributed by atoms with Crippen molar-refractivity contribution in [2.45, 2.75) is 37.2 Å². The molecule has 0 spiro atoms. The van der Waals surface area contributed by atoms with Crippen LogP contribution in [0, 0.1) is 0 Å². The fourth-order valence-corrected chi connectivity index (χ4v) is 1.71. The van der Waals surface area contributed by atoms with Gasteiger partial charge in [0.25, 0.3) is 0 Å². The normalized spacial score (nSPS) is 16.0. The summed E-state index contributed by atoms with van der Waals surface area (Å²) in [7, 11) is 4.02. The monoisotopic (exact) mass is 325 g/mol. The predicted molar refractivity (Wildman–Crippen MR) is 63.4 cm³/mol. The van der Waals surface area contributed by atoms with Crippen molar-refractivity contribution in [2.75, 3.05) is 27.7 Å². The average Bonchev–Trinajstić information content (AvgIpc) is 2.36. The van der Waals surface area contributed by atoms with Crippen molar-refractivity contribution in [3.8, 4) is 0 Å². The number of rotatable bonds is 8. The molecule has 0 aromatic rings. The molecular formula is C12H18F7NO. The minimum atomic E-state index is -5.66. The Hall–Kier alpha value is -0.830. The molecule has 0 saturated carbocycles. The van der Waals surface area contributed by atoms with E-state index in [-0.39, 0.29) is 13.0 Å². The van der Waals surface area contributed by atoms with Crippen LogP contribution in [0.25, 0.3) is 0 Å². The van der Waals surface area contributed by atoms with Crippen molar-refractivity contribution in [1.82, 2.24) is 4.90 Å². The van der Waals surface area contributed by atoms with Crippen LogP contribution in [0.5, 0.6) is 0 Å². The molecule has 0 heterocycles. The predicted octanol–water partition coefficient (Wildman–Crippen LogP) is 4.08. The lowest BCUT2D eigenvalue weighted by Gasteiger charge is -2.39. The summed E-state index contributed by atoms with van der Waals surface area (Å²) in [6.45, 7) is 0.927. The lowest BCUT2D eigenvalue weighted by molar-refractivity contribution is -0.287. The number of ether oxygens (including phenoxy) is 1. The third-order valence-electron chi connectivity index (χ3n) is 3.21. The molecular weight excluding hydrogens is 307 g/mol. The molecule has 21 heavy (non-hydrogen) atoms. The van der Waals surface area contributed by atoms with Crippen molar-refractivity contribution in [1.29, 1.82) is 0 Å². The molecule has 1 unspecified atom stereocenters. The minimum absolute atomic E-state index is 0.0342. The molecule has 0 amide bonds. The molecule has 0 aliphatic rings. The van der Waals surface area contributed by atoms with Gasteiger partial charge in [-0.2, -0.15) is 30.7 Å². The Morgan fingerprint density at radius 3 is 1.86 bits per heavy atom. The fourth-order valence-electron chi connectivity index (χ4n) is 1.71. The Kier molecular flexibility index (Phi) is 6.68. The highest BCUT2D eigenvalue weighted by Crippen LogP contribution is 2.50. The largest absolute Gasteiger partial charge is 0.372 e. The van der Waals surface area contributed by atoms with E-state index in [1.54, 1.807) is 19.0 Å². The Morgan fingerprint density at radius 2 is 1.52 bits per heavy atom. The number of halogens is 7. The van der Waals surface area contributed by atoms with Gasteiger partial charge in [-0.25, -0.2) is 0 Å². The second-order valence-corrected chi connectivity index (χ2v) is 5.06. The van der Waals surface area contributed by atoms with Crippen LogP contribution in [-0.4, -0.2) is 50.1 Å². The first-order valence-electron chi connectivity index (χ1n) is 6.00. The Bertz CT molecular complexity index is 380. The first-order chi connectivity index (χ1) is 9.33. The summed E-state index contributed by atoms with van der Waals surface area (Å²) in [4.78, 5) is 1.62. The molecule has 9 heteroatoms. The standard InChI is InChI=1S/C12H18F7NO/c1-10(21-4,6-5-7-20(2)3)12(18,19)11(16,17)8(13)9(14)15/h5-7H2,1-4H3. The van der Waals surface area contributed by atoms with Crippen LogP contribution >= 0.6 is 0 Å². The summed E-state index contributed by atoms with van der Waals surface area (Å²) < 4.78 is 95.6. The summed E-state index contributed by atoms with van der Waals surface area (Å²) in [6, 6.07) is 0. The highest BCUT2D eigenvalue weighted by molar-refractivity contribution is 5.15. The van der Waals surface area contributed by atoms with Gasteiger partial charge in [0.2, 0.25) is 5.83 Å². The summed E-state index contributed by atoms with van der Waals surface area (Å²) in [6.07, 6.45) is -4.01. The Labute approximate surface area is 118 Å². The molecule has 0 fully saturated rings. The molecule has 0 bridgehead atoms. The van der Waals surface area contributed by atoms with Gasteiger partial charge < -0.3 is 9.64 Å². The van der Waals surface area contributed by atoms with Crippen molar-refractivity contribution < 1.29 is 35.5 Å². The quantitative estimate of drug-likeness (QED) is 0.624. The van der Waals surface area contributed by atoms with E-state index >= 15 is 0 Å². The molecule has 0 saturated heterocycles. The first kappa shape index (κ1) is 20.2. The van der Waals surface area contributed by atoms with Gasteiger partial charge in [-0.15, -0.1) is 0 Å². The van der Waals surface area contributed by atoms with E-state index in [0.29, 0.717) is 6.92 Å². The van der Waals surface area contributed by atoms with Gasteiger partial charge in [0.1, 0.15) is 5.60 Å². The molecule has 0 aromatic heterocycles. The van der Waals surface area contributed by atoms with E-state index in [4.69, 9.17) is 0 Å². The maximum atomic E-state index is 13.9. The number of nitrogens with zero attached hydrogens (tertiary/aromatic N) is 1. The highest BCUT2D eigenvalue weighted by atomic mass is 19.3. The molecule has 2 nitrogen and oxygen atoms in total. The van der Waals surface area contributed by atoms with E-state index in [1.165, 1.54) is 0 Å². The number of methoxy groups -OCH3 is 1. The van der Waals surface area contributed by atoms with Crippen molar-refractivity contribution in [3.63, 3.8) is 0 Å². The van der Waals surface area contributed by atoms with Crippen LogP contribution in [0.1, 0.15) is 19.8 Å². The molecule has 1 atom stereocenters. The number of hydrogen-bond donors (Lipinski definition) is 0. The zero-order valence-corrected chi connectivity index (χ0v) is 12.1. The third kappa shape index (κ3) is 4.09. The van der Waals surface area contributed by atoms with E-state index in [0.717, 1.165) is 7.11 Å². The van der Waals surface area contributed by atoms with Crippen LogP contribution < -0.4 is 0 Å². The van der Waals surface area contributed by atoms with Crippen LogP contribution in [0.4, 0.5) is 30.7 Å². The molecule has 0 rings (SSSR count). The minimum Gasteiger partial charge on any atom is -0.372 e. The van der Waals surface area contributed by atoms with Crippen LogP contribution in [-0.2, 0) is 4.74 Å². The molecule has 126 valence electrons. The van der Waals surface area contributed by atoms with Gasteiger partial charge in [-0.05, 0) is 40.4 Å². The highest BCUT2D eigenvalue weighted by Gasteiger charge is 2.70. The molecule has 0 radical (unpaired) electrons. The molecule has 0 aliphatic heterocycles. The molecule has 0 aliphatic carbocycles. The topological polar surface area (TPSA) is 12.5 Å². The summed E-state index contributed by atoms with van der Waals surface area (Å²) >= 11 is 0. The van der Waals surface area contributed by atoms with Crippen LogP contribution in [0.3, 0.4) is 0 Å². The lowest BCUT2D eigenvalue weighted by Crippen LogP contribution is -2.58. The van der Waals surface area contributed by atoms with E-state index in [1.807, 2.05) is 0 Å². The summed E-state index contributed by atoms with van der Waals surface area (Å²) in [5, 5.41) is 0. The van der Waals surface area contributed by atoms with Crippen molar-refractivity contribution in [2.24, 2.45) is 0 Å². The van der Waals surface area contributed by atoms with Crippen LogP contribution in [0.15, 0.2) is 11.9 Å². The second-order valence-electron chi connectivity index (χ2n) is 5.06. The first-order valence-corrected chi connectivity index (χ1v) is 6.00. The number of alkyl halides is 4. The Morgan fingerprint density at radius 1 is 1.05 bits per heavy atom. The molecule has 0 aromatic carbocycles. The average molecular weight is 325 g/mol. The van der Waals surface area contributed by atoms with Crippen LogP contribution in [0.2, 0.25) is 0 Å². The third-order valence-corrected chi connectivity index (χ3v) is 3.21. The van der Waals surface area contributed by atoms with Gasteiger partial charge in [0, 0.05) is 7.11 Å². The number of hydrogen-bond acceptors (Lipinski definition) is 2. The van der Waals surface area contributed by atoms with E-state index in [9.17, 15) is 30.7 Å². The van der Waals surface area contributed by atoms with Gasteiger partial charge >= 0.3 is 17.9 Å². The number of allylic oxidation sites excluding steroid dienone is 1. The molecule has 0 N–H and O–H groups in total. The fraction of sp³-hybridized carbons (Fsp3) is 0.833. The Balaban J connectivity index is 5.45. The second kappa shape index (κ2) is 6.95. The SMILES string of the molecule is COC(C)(CCCN(C)C)C(F)(F)C(F)(F)C(F)=C(F)F. The van der Waals surface area contributed by atoms with Gasteiger partial charge in [0.15, 0.2) is 0 Å².